The molecule has 174 valence electrons. The Morgan fingerprint density at radius 1 is 0.912 bits per heavy atom. The van der Waals surface area contributed by atoms with E-state index in [0.717, 1.165) is 18.7 Å². The van der Waals surface area contributed by atoms with Gasteiger partial charge in [-0.1, -0.05) is 60.7 Å². The fourth-order valence-electron chi connectivity index (χ4n) is 4.78. The molecule has 7 heteroatoms. The van der Waals surface area contributed by atoms with E-state index in [0.29, 0.717) is 34.0 Å². The molecule has 1 saturated heterocycles. The lowest BCUT2D eigenvalue weighted by Crippen LogP contribution is -2.49. The van der Waals surface area contributed by atoms with Crippen LogP contribution in [0.1, 0.15) is 38.2 Å². The van der Waals surface area contributed by atoms with Crippen molar-refractivity contribution in [2.24, 2.45) is 7.05 Å². The molecule has 0 bridgehead atoms. The summed E-state index contributed by atoms with van der Waals surface area (Å²) in [6, 6.07) is 21.2. The summed E-state index contributed by atoms with van der Waals surface area (Å²) in [6.45, 7) is 6.53. The van der Waals surface area contributed by atoms with Crippen LogP contribution in [0.3, 0.4) is 0 Å². The highest BCUT2D eigenvalue weighted by molar-refractivity contribution is 7.20. The van der Waals surface area contributed by atoms with Crippen molar-refractivity contribution in [3.8, 4) is 0 Å². The van der Waals surface area contributed by atoms with Crippen LogP contribution < -0.4 is 5.56 Å². The van der Waals surface area contributed by atoms with Crippen molar-refractivity contribution in [1.29, 1.82) is 0 Å². The molecule has 4 aromatic rings. The normalized spacial score (nSPS) is 14.8. The highest BCUT2D eigenvalue weighted by Gasteiger charge is 2.30. The highest BCUT2D eigenvalue weighted by Crippen LogP contribution is 2.31. The minimum absolute atomic E-state index is 0.00386. The van der Waals surface area contributed by atoms with E-state index in [4.69, 9.17) is 0 Å². The zero-order valence-corrected chi connectivity index (χ0v) is 20.5. The summed E-state index contributed by atoms with van der Waals surface area (Å²) >= 11 is 1.33. The third-order valence-corrected chi connectivity index (χ3v) is 7.96. The molecule has 1 fully saturated rings. The largest absolute Gasteiger partial charge is 0.335 e. The summed E-state index contributed by atoms with van der Waals surface area (Å²) < 4.78 is 1.54. The van der Waals surface area contributed by atoms with Crippen LogP contribution in [0, 0.1) is 13.8 Å². The Hall–Kier alpha value is -3.29. The number of carbonyl (C=O) groups is 1. The van der Waals surface area contributed by atoms with Gasteiger partial charge < -0.3 is 4.90 Å². The van der Waals surface area contributed by atoms with Gasteiger partial charge in [-0.25, -0.2) is 4.98 Å². The summed E-state index contributed by atoms with van der Waals surface area (Å²) in [5.74, 6) is 0.648. The number of carbonyl (C=O) groups excluding carboxylic acids is 1. The van der Waals surface area contributed by atoms with Crippen LogP contribution in [0.5, 0.6) is 0 Å². The van der Waals surface area contributed by atoms with Gasteiger partial charge in [0, 0.05) is 33.2 Å². The van der Waals surface area contributed by atoms with Crippen molar-refractivity contribution in [2.45, 2.75) is 19.9 Å². The van der Waals surface area contributed by atoms with Crippen LogP contribution >= 0.6 is 11.3 Å². The first-order valence-electron chi connectivity index (χ1n) is 11.6. The molecule has 0 saturated carbocycles. The van der Waals surface area contributed by atoms with Gasteiger partial charge in [-0.15, -0.1) is 11.3 Å². The van der Waals surface area contributed by atoms with E-state index >= 15 is 0 Å². The molecular formula is C27H28N4O2S. The molecule has 1 aliphatic rings. The average molecular weight is 473 g/mol. The monoisotopic (exact) mass is 472 g/mol. The van der Waals surface area contributed by atoms with Crippen LogP contribution in [-0.2, 0) is 7.05 Å². The number of amides is 1. The molecule has 1 aliphatic heterocycles. The summed E-state index contributed by atoms with van der Waals surface area (Å²) in [7, 11) is 1.72. The molecule has 0 spiro atoms. The number of aromatic nitrogens is 2. The molecule has 1 amide bonds. The van der Waals surface area contributed by atoms with Gasteiger partial charge in [0.1, 0.15) is 10.7 Å². The molecular weight excluding hydrogens is 444 g/mol. The second-order valence-corrected chi connectivity index (χ2v) is 9.81. The molecule has 2 aromatic carbocycles. The topological polar surface area (TPSA) is 58.4 Å². The number of fused-ring (bicyclic) bond motifs is 1. The van der Waals surface area contributed by atoms with Gasteiger partial charge in [0.05, 0.1) is 16.3 Å². The number of nitrogens with zero attached hydrogens (tertiary/aromatic N) is 4. The van der Waals surface area contributed by atoms with Gasteiger partial charge in [0.25, 0.3) is 11.5 Å². The van der Waals surface area contributed by atoms with E-state index in [1.807, 2.05) is 30.9 Å². The quantitative estimate of drug-likeness (QED) is 0.448. The van der Waals surface area contributed by atoms with Gasteiger partial charge >= 0.3 is 0 Å². The Bertz CT molecular complexity index is 1350. The van der Waals surface area contributed by atoms with Gasteiger partial charge in [-0.05, 0) is 30.5 Å². The maximum absolute atomic E-state index is 13.5. The Morgan fingerprint density at radius 3 is 2.03 bits per heavy atom. The number of hydrogen-bond donors (Lipinski definition) is 0. The summed E-state index contributed by atoms with van der Waals surface area (Å²) in [5, 5.41) is 0.563. The average Bonchev–Trinajstić information content (AvgIpc) is 3.20. The van der Waals surface area contributed by atoms with E-state index in [9.17, 15) is 9.59 Å². The third-order valence-electron chi connectivity index (χ3n) is 6.79. The fourth-order valence-corrected chi connectivity index (χ4v) is 5.97. The number of rotatable bonds is 4. The van der Waals surface area contributed by atoms with Gasteiger partial charge in [-0.3, -0.25) is 19.1 Å². The van der Waals surface area contributed by atoms with Gasteiger partial charge in [0.2, 0.25) is 0 Å². The molecule has 5 rings (SSSR count). The van der Waals surface area contributed by atoms with Crippen molar-refractivity contribution in [1.82, 2.24) is 19.4 Å². The minimum Gasteiger partial charge on any atom is -0.335 e. The maximum atomic E-state index is 13.5. The van der Waals surface area contributed by atoms with Crippen LogP contribution in [0.2, 0.25) is 0 Å². The molecule has 34 heavy (non-hydrogen) atoms. The number of piperazine rings is 1. The SMILES string of the molecule is Cc1c(C(=O)N2CCN(C(c3ccccc3)c3ccccc3)CC2)sc2nc(C)n(C)c(=O)c12. The fraction of sp³-hybridized carbons (Fsp3) is 0.296. The second-order valence-electron chi connectivity index (χ2n) is 8.81. The van der Waals surface area contributed by atoms with E-state index in [2.05, 4.69) is 58.4 Å². The van der Waals surface area contributed by atoms with E-state index < -0.39 is 0 Å². The molecule has 6 nitrogen and oxygen atoms in total. The number of benzene rings is 2. The second kappa shape index (κ2) is 9.16. The Labute approximate surface area is 203 Å². The number of thiophene rings is 1. The molecule has 0 N–H and O–H groups in total. The Kier molecular flexibility index (Phi) is 6.06. The van der Waals surface area contributed by atoms with Crippen LogP contribution in [0.25, 0.3) is 10.2 Å². The number of hydrogen-bond acceptors (Lipinski definition) is 5. The number of aryl methyl sites for hydroxylation is 2. The lowest BCUT2D eigenvalue weighted by molar-refractivity contribution is 0.0601. The molecule has 0 unspecified atom stereocenters. The molecule has 3 heterocycles. The van der Waals surface area contributed by atoms with Gasteiger partial charge in [0.15, 0.2) is 0 Å². The van der Waals surface area contributed by atoms with Crippen LogP contribution in [-0.4, -0.2) is 51.4 Å². The molecule has 0 atom stereocenters. The van der Waals surface area contributed by atoms with Crippen LogP contribution in [0.4, 0.5) is 0 Å². The van der Waals surface area contributed by atoms with Gasteiger partial charge in [-0.2, -0.15) is 0 Å². The van der Waals surface area contributed by atoms with Crippen molar-refractivity contribution in [3.63, 3.8) is 0 Å². The predicted molar refractivity (Wildman–Crippen MR) is 137 cm³/mol. The zero-order valence-electron chi connectivity index (χ0n) is 19.7. The lowest BCUT2D eigenvalue weighted by atomic mass is 9.96. The highest BCUT2D eigenvalue weighted by atomic mass is 32.1. The summed E-state index contributed by atoms with van der Waals surface area (Å²) in [6.07, 6.45) is 0. The first-order chi connectivity index (χ1) is 16.5. The van der Waals surface area contributed by atoms with Crippen LogP contribution in [0.15, 0.2) is 65.5 Å². The first-order valence-corrected chi connectivity index (χ1v) is 12.4. The summed E-state index contributed by atoms with van der Waals surface area (Å²) in [4.78, 5) is 36.4. The molecule has 0 aliphatic carbocycles. The van der Waals surface area contributed by atoms with Crippen molar-refractivity contribution >= 4 is 27.5 Å². The van der Waals surface area contributed by atoms with Crippen molar-refractivity contribution in [2.75, 3.05) is 26.2 Å². The predicted octanol–water partition coefficient (Wildman–Crippen LogP) is 4.16. The summed E-state index contributed by atoms with van der Waals surface area (Å²) in [5.41, 5.74) is 3.16. The zero-order chi connectivity index (χ0) is 23.8. The smallest absolute Gasteiger partial charge is 0.264 e. The van der Waals surface area contributed by atoms with Crippen molar-refractivity contribution in [3.05, 3.63) is 98.4 Å². The maximum Gasteiger partial charge on any atom is 0.264 e. The standard InChI is InChI=1S/C27H28N4O2S/c1-18-22-25(28-19(2)29(3)26(22)32)34-24(18)27(33)31-16-14-30(15-17-31)23(20-10-6-4-7-11-20)21-12-8-5-9-13-21/h4-13,23H,14-17H2,1-3H3. The van der Waals surface area contributed by atoms with Crippen molar-refractivity contribution < 1.29 is 4.79 Å². The lowest BCUT2D eigenvalue weighted by Gasteiger charge is -2.39. The van der Waals surface area contributed by atoms with E-state index in [-0.39, 0.29) is 17.5 Å². The molecule has 2 aromatic heterocycles. The first kappa shape index (κ1) is 22.5. The Balaban J connectivity index is 1.39. The third kappa shape index (κ3) is 3.95. The molecule has 0 radical (unpaired) electrons. The minimum atomic E-state index is -0.0892. The van der Waals surface area contributed by atoms with E-state index in [1.165, 1.54) is 22.5 Å². The van der Waals surface area contributed by atoms with E-state index in [1.54, 1.807) is 11.6 Å². The Morgan fingerprint density at radius 2 is 1.47 bits per heavy atom.